The van der Waals surface area contributed by atoms with Crippen LogP contribution < -0.4 is 5.32 Å². The Balaban J connectivity index is 1.96. The fourth-order valence-electron chi connectivity index (χ4n) is 3.79. The minimum absolute atomic E-state index is 0.0580. The van der Waals surface area contributed by atoms with Gasteiger partial charge in [0.15, 0.2) is 0 Å². The fourth-order valence-corrected chi connectivity index (χ4v) is 3.79. The first kappa shape index (κ1) is 19.1. The Morgan fingerprint density at radius 2 is 1.59 bits per heavy atom. The third-order valence-corrected chi connectivity index (χ3v) is 5.28. The number of hydrogen-bond acceptors (Lipinski definition) is 4. The van der Waals surface area contributed by atoms with E-state index >= 15 is 0 Å². The van der Waals surface area contributed by atoms with Gasteiger partial charge < -0.3 is 15.0 Å². The Kier molecular flexibility index (Phi) is 6.24. The molecule has 1 heterocycles. The summed E-state index contributed by atoms with van der Waals surface area (Å²) in [6, 6.07) is 19.1. The van der Waals surface area contributed by atoms with Crippen molar-refractivity contribution in [3.05, 3.63) is 71.8 Å². The third-order valence-electron chi connectivity index (χ3n) is 5.28. The molecule has 0 aromatic heterocycles. The molecule has 0 aliphatic carbocycles. The Labute approximate surface area is 160 Å². The summed E-state index contributed by atoms with van der Waals surface area (Å²) in [7, 11) is 3.26. The maximum absolute atomic E-state index is 13.6. The molecule has 142 valence electrons. The van der Waals surface area contributed by atoms with Crippen molar-refractivity contribution in [2.75, 3.05) is 20.7 Å². The van der Waals surface area contributed by atoms with Crippen molar-refractivity contribution in [1.82, 2.24) is 10.2 Å². The second-order valence-electron chi connectivity index (χ2n) is 6.83. The first-order valence-electron chi connectivity index (χ1n) is 9.31. The minimum Gasteiger partial charge on any atom is -0.467 e. The van der Waals surface area contributed by atoms with Gasteiger partial charge in [-0.15, -0.1) is 0 Å². The standard InChI is InChI=1S/C22H26N2O3/c1-23-18-13-14-24(19(15-18)22(26)27-2)21(25)20(16-9-5-3-6-10-16)17-11-7-4-8-12-17/h3-12,18-20,23H,13-15H2,1-2H3/t18-,19?/m0/s1. The fraction of sp³-hybridized carbons (Fsp3) is 0.364. The lowest BCUT2D eigenvalue weighted by Crippen LogP contribution is -2.55. The predicted octanol–water partition coefficient (Wildman–Crippen LogP) is 2.57. The highest BCUT2D eigenvalue weighted by Gasteiger charge is 2.39. The molecule has 0 radical (unpaired) electrons. The summed E-state index contributed by atoms with van der Waals surface area (Å²) in [4.78, 5) is 27.7. The van der Waals surface area contributed by atoms with E-state index in [0.29, 0.717) is 13.0 Å². The molecule has 27 heavy (non-hydrogen) atoms. The molecule has 0 bridgehead atoms. The number of rotatable bonds is 5. The van der Waals surface area contributed by atoms with Crippen LogP contribution in [-0.4, -0.2) is 49.6 Å². The van der Waals surface area contributed by atoms with Crippen molar-refractivity contribution in [2.24, 2.45) is 0 Å². The number of benzene rings is 2. The number of likely N-dealkylation sites (tertiary alicyclic amines) is 1. The van der Waals surface area contributed by atoms with E-state index in [0.717, 1.165) is 17.5 Å². The molecule has 1 aliphatic rings. The summed E-state index contributed by atoms with van der Waals surface area (Å²) in [5, 5.41) is 3.22. The lowest BCUT2D eigenvalue weighted by Gasteiger charge is -2.39. The van der Waals surface area contributed by atoms with Crippen LogP contribution in [0.2, 0.25) is 0 Å². The highest BCUT2D eigenvalue weighted by atomic mass is 16.5. The van der Waals surface area contributed by atoms with Gasteiger partial charge in [0.25, 0.3) is 0 Å². The molecule has 1 N–H and O–H groups in total. The summed E-state index contributed by atoms with van der Waals surface area (Å²) in [6.45, 7) is 0.528. The SMILES string of the molecule is CN[C@H]1CCN(C(=O)C(c2ccccc2)c2ccccc2)C(C(=O)OC)C1. The quantitative estimate of drug-likeness (QED) is 0.827. The number of carbonyl (C=O) groups is 2. The molecule has 0 saturated carbocycles. The molecular formula is C22H26N2O3. The second kappa shape index (κ2) is 8.82. The van der Waals surface area contributed by atoms with Gasteiger partial charge in [0.1, 0.15) is 6.04 Å². The van der Waals surface area contributed by atoms with Gasteiger partial charge in [-0.2, -0.15) is 0 Å². The van der Waals surface area contributed by atoms with Gasteiger partial charge in [-0.25, -0.2) is 4.79 Å². The Morgan fingerprint density at radius 3 is 2.07 bits per heavy atom. The number of nitrogens with zero attached hydrogens (tertiary/aromatic N) is 1. The van der Waals surface area contributed by atoms with Crippen molar-refractivity contribution in [3.63, 3.8) is 0 Å². The normalized spacial score (nSPS) is 19.7. The largest absolute Gasteiger partial charge is 0.467 e. The van der Waals surface area contributed by atoms with Crippen LogP contribution in [0.25, 0.3) is 0 Å². The molecule has 2 aromatic carbocycles. The Morgan fingerprint density at radius 1 is 1.04 bits per heavy atom. The van der Waals surface area contributed by atoms with Gasteiger partial charge >= 0.3 is 5.97 Å². The molecule has 2 aromatic rings. The highest BCUT2D eigenvalue weighted by Crippen LogP contribution is 2.30. The van der Waals surface area contributed by atoms with Crippen molar-refractivity contribution >= 4 is 11.9 Å². The molecule has 1 aliphatic heterocycles. The summed E-state index contributed by atoms with van der Waals surface area (Å²) >= 11 is 0. The summed E-state index contributed by atoms with van der Waals surface area (Å²) in [5.74, 6) is -0.855. The second-order valence-corrected chi connectivity index (χ2v) is 6.83. The maximum atomic E-state index is 13.6. The topological polar surface area (TPSA) is 58.6 Å². The van der Waals surface area contributed by atoms with E-state index in [4.69, 9.17) is 4.74 Å². The van der Waals surface area contributed by atoms with Crippen molar-refractivity contribution in [3.8, 4) is 0 Å². The van der Waals surface area contributed by atoms with Gasteiger partial charge in [0.05, 0.1) is 13.0 Å². The average Bonchev–Trinajstić information content (AvgIpc) is 2.74. The van der Waals surface area contributed by atoms with Crippen LogP contribution in [0.1, 0.15) is 29.9 Å². The highest BCUT2D eigenvalue weighted by molar-refractivity contribution is 5.91. The molecule has 1 fully saturated rings. The van der Waals surface area contributed by atoms with Crippen molar-refractivity contribution in [1.29, 1.82) is 0 Å². The van der Waals surface area contributed by atoms with E-state index in [1.165, 1.54) is 7.11 Å². The molecular weight excluding hydrogens is 340 g/mol. The third kappa shape index (κ3) is 4.19. The van der Waals surface area contributed by atoms with Crippen molar-refractivity contribution < 1.29 is 14.3 Å². The number of piperidine rings is 1. The first-order valence-corrected chi connectivity index (χ1v) is 9.31. The van der Waals surface area contributed by atoms with E-state index in [2.05, 4.69) is 5.32 Å². The Bertz CT molecular complexity index is 724. The van der Waals surface area contributed by atoms with E-state index < -0.39 is 12.0 Å². The predicted molar refractivity (Wildman–Crippen MR) is 104 cm³/mol. The summed E-state index contributed by atoms with van der Waals surface area (Å²) in [6.07, 6.45) is 1.37. The molecule has 5 nitrogen and oxygen atoms in total. The molecule has 2 atom stereocenters. The van der Waals surface area contributed by atoms with Crippen LogP contribution in [0.4, 0.5) is 0 Å². The molecule has 1 amide bonds. The number of carbonyl (C=O) groups excluding carboxylic acids is 2. The smallest absolute Gasteiger partial charge is 0.328 e. The van der Waals surface area contributed by atoms with E-state index in [-0.39, 0.29) is 17.9 Å². The van der Waals surface area contributed by atoms with Crippen LogP contribution in [0.3, 0.4) is 0 Å². The van der Waals surface area contributed by atoms with Crippen LogP contribution in [-0.2, 0) is 14.3 Å². The van der Waals surface area contributed by atoms with Gasteiger partial charge in [-0.3, -0.25) is 4.79 Å². The van der Waals surface area contributed by atoms with E-state index in [9.17, 15) is 9.59 Å². The summed E-state index contributed by atoms with van der Waals surface area (Å²) < 4.78 is 4.99. The Hall–Kier alpha value is -2.66. The molecule has 1 saturated heterocycles. The molecule has 1 unspecified atom stereocenters. The average molecular weight is 366 g/mol. The number of ether oxygens (including phenoxy) is 1. The lowest BCUT2D eigenvalue weighted by atomic mass is 9.87. The van der Waals surface area contributed by atoms with Gasteiger partial charge in [0.2, 0.25) is 5.91 Å². The van der Waals surface area contributed by atoms with Gasteiger partial charge in [-0.05, 0) is 31.0 Å². The minimum atomic E-state index is -0.566. The number of hydrogen-bond donors (Lipinski definition) is 1. The molecule has 5 heteroatoms. The zero-order chi connectivity index (χ0) is 19.2. The van der Waals surface area contributed by atoms with E-state index in [1.807, 2.05) is 67.7 Å². The van der Waals surface area contributed by atoms with Gasteiger partial charge in [0, 0.05) is 12.6 Å². The maximum Gasteiger partial charge on any atom is 0.328 e. The van der Waals surface area contributed by atoms with Crippen molar-refractivity contribution in [2.45, 2.75) is 30.8 Å². The number of nitrogens with one attached hydrogen (secondary N) is 1. The number of methoxy groups -OCH3 is 1. The number of amides is 1. The number of esters is 1. The molecule has 3 rings (SSSR count). The zero-order valence-corrected chi connectivity index (χ0v) is 15.8. The lowest BCUT2D eigenvalue weighted by molar-refractivity contribution is -0.155. The van der Waals surface area contributed by atoms with E-state index in [1.54, 1.807) is 4.90 Å². The van der Waals surface area contributed by atoms with Crippen LogP contribution in [0.5, 0.6) is 0 Å². The molecule has 0 spiro atoms. The summed E-state index contributed by atoms with van der Waals surface area (Å²) in [5.41, 5.74) is 1.85. The monoisotopic (exact) mass is 366 g/mol. The van der Waals surface area contributed by atoms with Gasteiger partial charge in [-0.1, -0.05) is 60.7 Å². The van der Waals surface area contributed by atoms with Crippen LogP contribution >= 0.6 is 0 Å². The van der Waals surface area contributed by atoms with Crippen LogP contribution in [0, 0.1) is 0 Å². The first-order chi connectivity index (χ1) is 13.2. The van der Waals surface area contributed by atoms with Crippen LogP contribution in [0.15, 0.2) is 60.7 Å². The zero-order valence-electron chi connectivity index (χ0n) is 15.8.